The average Bonchev–Trinajstić information content (AvgIpc) is 3.30. The Balaban J connectivity index is 1.60. The van der Waals surface area contributed by atoms with E-state index in [0.29, 0.717) is 28.4 Å². The van der Waals surface area contributed by atoms with Crippen LogP contribution >= 0.6 is 0 Å². The van der Waals surface area contributed by atoms with Gasteiger partial charge in [0.15, 0.2) is 0 Å². The molecule has 1 aliphatic heterocycles. The van der Waals surface area contributed by atoms with Gasteiger partial charge in [-0.25, -0.2) is 4.68 Å². The molecular weight excluding hydrogens is 442 g/mol. The minimum absolute atomic E-state index is 0.0980. The first-order valence-electron chi connectivity index (χ1n) is 10.4. The molecule has 11 heteroatoms. The van der Waals surface area contributed by atoms with E-state index in [2.05, 4.69) is 15.7 Å². The van der Waals surface area contributed by atoms with Crippen LogP contribution in [0.25, 0.3) is 11.1 Å². The molecular formula is C23H23N5O6. The van der Waals surface area contributed by atoms with Crippen molar-refractivity contribution in [3.05, 3.63) is 63.8 Å². The molecule has 0 radical (unpaired) electrons. The second-order valence-corrected chi connectivity index (χ2v) is 7.79. The van der Waals surface area contributed by atoms with E-state index < -0.39 is 16.9 Å². The number of nitrogens with one attached hydrogen (secondary N) is 2. The van der Waals surface area contributed by atoms with Gasteiger partial charge in [-0.3, -0.25) is 19.7 Å². The maximum absolute atomic E-state index is 12.7. The third kappa shape index (κ3) is 4.33. The third-order valence-corrected chi connectivity index (χ3v) is 5.55. The first-order valence-corrected chi connectivity index (χ1v) is 10.4. The van der Waals surface area contributed by atoms with Gasteiger partial charge in [-0.05, 0) is 30.7 Å². The molecule has 0 aliphatic carbocycles. The molecule has 0 bridgehead atoms. The Morgan fingerprint density at radius 2 is 1.97 bits per heavy atom. The fourth-order valence-corrected chi connectivity index (χ4v) is 3.89. The Morgan fingerprint density at radius 3 is 2.62 bits per heavy atom. The van der Waals surface area contributed by atoms with Gasteiger partial charge in [0.05, 0.1) is 30.8 Å². The highest BCUT2D eigenvalue weighted by Gasteiger charge is 2.37. The molecule has 1 aliphatic rings. The van der Waals surface area contributed by atoms with Crippen molar-refractivity contribution < 1.29 is 24.0 Å². The lowest BCUT2D eigenvalue weighted by Crippen LogP contribution is -2.24. The van der Waals surface area contributed by atoms with Crippen molar-refractivity contribution in [1.29, 1.82) is 0 Å². The summed E-state index contributed by atoms with van der Waals surface area (Å²) in [7, 11) is 3.13. The topological polar surface area (TPSA) is 138 Å². The van der Waals surface area contributed by atoms with Crippen molar-refractivity contribution in [1.82, 2.24) is 9.78 Å². The number of amides is 2. The number of nitro groups is 1. The van der Waals surface area contributed by atoms with Gasteiger partial charge >= 0.3 is 0 Å². The molecule has 34 heavy (non-hydrogen) atoms. The van der Waals surface area contributed by atoms with Gasteiger partial charge in [-0.15, -0.1) is 0 Å². The molecule has 0 saturated heterocycles. The highest BCUT2D eigenvalue weighted by molar-refractivity contribution is 6.04. The van der Waals surface area contributed by atoms with Crippen LogP contribution in [0.2, 0.25) is 0 Å². The standard InChI is InChI=1S/C23H23N5O6/c1-13-4-7-15(10-18(13)28(31)32)24-20(29)11-19-23(30)25-22-21(17(12-33-2)26-27(19)22)14-5-8-16(34-3)9-6-14/h4-10,19H,11-12H2,1-3H3,(H,24,29)(H,25,30). The lowest BCUT2D eigenvalue weighted by molar-refractivity contribution is -0.385. The number of fused-ring (bicyclic) bond motifs is 1. The van der Waals surface area contributed by atoms with Crippen molar-refractivity contribution >= 4 is 29.0 Å². The summed E-state index contributed by atoms with van der Waals surface area (Å²) in [6, 6.07) is 10.9. The number of ether oxygens (including phenoxy) is 2. The highest BCUT2D eigenvalue weighted by Crippen LogP contribution is 2.39. The highest BCUT2D eigenvalue weighted by atomic mass is 16.6. The van der Waals surface area contributed by atoms with E-state index in [1.807, 2.05) is 12.1 Å². The van der Waals surface area contributed by atoms with E-state index in [0.717, 1.165) is 5.56 Å². The number of nitrogens with zero attached hydrogens (tertiary/aromatic N) is 3. The number of benzene rings is 2. The van der Waals surface area contributed by atoms with Crippen LogP contribution in [0.15, 0.2) is 42.5 Å². The molecule has 2 aromatic carbocycles. The van der Waals surface area contributed by atoms with Gasteiger partial charge in [0.1, 0.15) is 17.6 Å². The van der Waals surface area contributed by atoms with E-state index in [1.54, 1.807) is 45.4 Å². The number of nitro benzene ring substituents is 1. The minimum Gasteiger partial charge on any atom is -0.497 e. The van der Waals surface area contributed by atoms with Gasteiger partial charge in [0.25, 0.3) is 11.6 Å². The molecule has 2 N–H and O–H groups in total. The number of carbonyl (C=O) groups excluding carboxylic acids is 2. The molecule has 176 valence electrons. The van der Waals surface area contributed by atoms with Crippen molar-refractivity contribution in [3.8, 4) is 16.9 Å². The largest absolute Gasteiger partial charge is 0.497 e. The minimum atomic E-state index is -0.877. The Morgan fingerprint density at radius 1 is 1.24 bits per heavy atom. The quantitative estimate of drug-likeness (QED) is 0.384. The lowest BCUT2D eigenvalue weighted by Gasteiger charge is -2.10. The summed E-state index contributed by atoms with van der Waals surface area (Å²) < 4.78 is 12.0. The van der Waals surface area contributed by atoms with Crippen molar-refractivity contribution in [2.45, 2.75) is 26.0 Å². The molecule has 0 saturated carbocycles. The maximum Gasteiger partial charge on any atom is 0.274 e. The third-order valence-electron chi connectivity index (χ3n) is 5.55. The van der Waals surface area contributed by atoms with Crippen LogP contribution in [-0.4, -0.2) is 40.7 Å². The second kappa shape index (κ2) is 9.32. The van der Waals surface area contributed by atoms with Crippen LogP contribution < -0.4 is 15.4 Å². The van der Waals surface area contributed by atoms with Gasteiger partial charge in [0, 0.05) is 30.0 Å². The van der Waals surface area contributed by atoms with Crippen LogP contribution in [0.3, 0.4) is 0 Å². The smallest absolute Gasteiger partial charge is 0.274 e. The zero-order valence-electron chi connectivity index (χ0n) is 18.8. The summed E-state index contributed by atoms with van der Waals surface area (Å²) in [6.07, 6.45) is -0.198. The molecule has 0 fully saturated rings. The van der Waals surface area contributed by atoms with Crippen molar-refractivity contribution in [2.75, 3.05) is 24.9 Å². The number of methoxy groups -OCH3 is 2. The molecule has 11 nitrogen and oxygen atoms in total. The predicted octanol–water partition coefficient (Wildman–Crippen LogP) is 3.44. The van der Waals surface area contributed by atoms with Crippen LogP contribution in [-0.2, 0) is 20.9 Å². The van der Waals surface area contributed by atoms with E-state index in [-0.39, 0.29) is 30.3 Å². The normalized spacial score (nSPS) is 14.4. The molecule has 1 aromatic heterocycles. The second-order valence-electron chi connectivity index (χ2n) is 7.79. The number of aromatic nitrogens is 2. The molecule has 3 aromatic rings. The first-order chi connectivity index (χ1) is 16.3. The molecule has 4 rings (SSSR count). The van der Waals surface area contributed by atoms with Crippen LogP contribution in [0.1, 0.15) is 23.7 Å². The van der Waals surface area contributed by atoms with Crippen LogP contribution in [0, 0.1) is 17.0 Å². The summed E-state index contributed by atoms with van der Waals surface area (Å²) in [5.74, 6) is 0.328. The summed E-state index contributed by atoms with van der Waals surface area (Å²) in [6.45, 7) is 1.83. The van der Waals surface area contributed by atoms with E-state index in [4.69, 9.17) is 9.47 Å². The van der Waals surface area contributed by atoms with Crippen LogP contribution in [0.5, 0.6) is 5.75 Å². The van der Waals surface area contributed by atoms with Crippen molar-refractivity contribution in [3.63, 3.8) is 0 Å². The molecule has 1 atom stereocenters. The van der Waals surface area contributed by atoms with E-state index in [1.165, 1.54) is 10.7 Å². The van der Waals surface area contributed by atoms with Gasteiger partial charge < -0.3 is 20.1 Å². The molecule has 2 heterocycles. The fourth-order valence-electron chi connectivity index (χ4n) is 3.89. The Hall–Kier alpha value is -4.25. The fraction of sp³-hybridized carbons (Fsp3) is 0.261. The van der Waals surface area contributed by atoms with E-state index >= 15 is 0 Å². The predicted molar refractivity (Wildman–Crippen MR) is 124 cm³/mol. The Kier molecular flexibility index (Phi) is 6.28. The molecule has 1 unspecified atom stereocenters. The van der Waals surface area contributed by atoms with Crippen molar-refractivity contribution in [2.24, 2.45) is 0 Å². The zero-order chi connectivity index (χ0) is 24.4. The summed E-state index contributed by atoms with van der Waals surface area (Å²) >= 11 is 0. The summed E-state index contributed by atoms with van der Waals surface area (Å²) in [4.78, 5) is 36.1. The zero-order valence-corrected chi connectivity index (χ0v) is 18.8. The van der Waals surface area contributed by atoms with Crippen LogP contribution in [0.4, 0.5) is 17.2 Å². The Bertz CT molecular complexity index is 1270. The molecule has 2 amide bonds. The number of hydrogen-bond donors (Lipinski definition) is 2. The Labute approximate surface area is 194 Å². The van der Waals surface area contributed by atoms with Gasteiger partial charge in [-0.1, -0.05) is 18.2 Å². The van der Waals surface area contributed by atoms with Gasteiger partial charge in [0.2, 0.25) is 5.91 Å². The average molecular weight is 465 g/mol. The lowest BCUT2D eigenvalue weighted by atomic mass is 10.1. The van der Waals surface area contributed by atoms with Gasteiger partial charge in [-0.2, -0.15) is 5.10 Å². The molecule has 0 spiro atoms. The first kappa shape index (κ1) is 22.9. The number of hydrogen-bond acceptors (Lipinski definition) is 7. The maximum atomic E-state index is 12.7. The number of anilines is 2. The SMILES string of the molecule is COCc1nn2c(c1-c1ccc(OC)cc1)NC(=O)C2CC(=O)Nc1ccc(C)c([N+](=O)[O-])c1. The number of aryl methyl sites for hydroxylation is 1. The number of rotatable bonds is 8. The monoisotopic (exact) mass is 465 g/mol. The summed E-state index contributed by atoms with van der Waals surface area (Å²) in [5.41, 5.74) is 2.79. The summed E-state index contributed by atoms with van der Waals surface area (Å²) in [5, 5.41) is 21.2. The van der Waals surface area contributed by atoms with E-state index in [9.17, 15) is 19.7 Å². The number of carbonyl (C=O) groups is 2.